The molecule has 90 valence electrons. The Kier molecular flexibility index (Phi) is 3.28. The van der Waals surface area contributed by atoms with Crippen LogP contribution in [0, 0.1) is 11.8 Å². The number of morpholine rings is 1. The van der Waals surface area contributed by atoms with Gasteiger partial charge in [0.2, 0.25) is 0 Å². The largest absolute Gasteiger partial charge is 0.391 e. The highest BCUT2D eigenvalue weighted by molar-refractivity contribution is 5.90. The molecule has 4 heteroatoms. The summed E-state index contributed by atoms with van der Waals surface area (Å²) in [4.78, 5) is 24.4. The van der Waals surface area contributed by atoms with E-state index in [9.17, 15) is 9.59 Å². The number of hydrogen-bond acceptors (Lipinski definition) is 4. The van der Waals surface area contributed by atoms with Crippen LogP contribution >= 0.6 is 0 Å². The number of carbonyl (C=O) groups excluding carboxylic acids is 2. The molecule has 1 saturated heterocycles. The zero-order valence-corrected chi connectivity index (χ0v) is 9.94. The van der Waals surface area contributed by atoms with Gasteiger partial charge in [0.15, 0.2) is 0 Å². The van der Waals surface area contributed by atoms with E-state index in [-0.39, 0.29) is 13.1 Å². The lowest BCUT2D eigenvalue weighted by molar-refractivity contribution is -0.169. The molecular weight excluding hydrogens is 206 g/mol. The second kappa shape index (κ2) is 4.53. The van der Waals surface area contributed by atoms with Crippen molar-refractivity contribution in [2.75, 3.05) is 13.1 Å². The van der Waals surface area contributed by atoms with Crippen LogP contribution in [0.3, 0.4) is 0 Å². The van der Waals surface area contributed by atoms with Gasteiger partial charge in [0, 0.05) is 6.04 Å². The average Bonchev–Trinajstić information content (AvgIpc) is 2.15. The lowest BCUT2D eigenvalue weighted by Gasteiger charge is -2.40. The van der Waals surface area contributed by atoms with Gasteiger partial charge < -0.3 is 4.74 Å². The number of nitrogens with zero attached hydrogens (tertiary/aromatic N) is 1. The summed E-state index contributed by atoms with van der Waals surface area (Å²) >= 11 is 0. The zero-order valence-electron chi connectivity index (χ0n) is 9.94. The van der Waals surface area contributed by atoms with Crippen molar-refractivity contribution >= 4 is 11.9 Å². The third-order valence-electron chi connectivity index (χ3n) is 3.75. The fourth-order valence-electron chi connectivity index (χ4n) is 3.01. The summed E-state index contributed by atoms with van der Waals surface area (Å²) in [6.45, 7) is 5.03. The summed E-state index contributed by atoms with van der Waals surface area (Å²) in [5.74, 6) is 0.519. The molecule has 3 atom stereocenters. The topological polar surface area (TPSA) is 46.6 Å². The van der Waals surface area contributed by atoms with E-state index in [0.717, 1.165) is 12.3 Å². The highest BCUT2D eigenvalue weighted by atomic mass is 16.6. The van der Waals surface area contributed by atoms with Crippen molar-refractivity contribution in [2.45, 2.75) is 39.2 Å². The smallest absolute Gasteiger partial charge is 0.327 e. The van der Waals surface area contributed by atoms with Gasteiger partial charge in [-0.25, -0.2) is 0 Å². The summed E-state index contributed by atoms with van der Waals surface area (Å²) in [7, 11) is 0. The maximum absolute atomic E-state index is 11.2. The van der Waals surface area contributed by atoms with E-state index >= 15 is 0 Å². The summed E-state index contributed by atoms with van der Waals surface area (Å²) in [5, 5.41) is 0. The highest BCUT2D eigenvalue weighted by Crippen LogP contribution is 2.32. The molecule has 4 nitrogen and oxygen atoms in total. The predicted octanol–water partition coefficient (Wildman–Crippen LogP) is 1.20. The molecule has 2 fully saturated rings. The standard InChI is InChI=1S/C12H19NO3/c1-8-3-4-10(9(2)5-8)13-6-11(14)16-12(15)7-13/h8-10H,3-7H2,1-2H3. The first-order valence-electron chi connectivity index (χ1n) is 6.04. The van der Waals surface area contributed by atoms with Crippen LogP contribution in [0.15, 0.2) is 0 Å². The van der Waals surface area contributed by atoms with Crippen molar-refractivity contribution < 1.29 is 14.3 Å². The number of esters is 2. The average molecular weight is 225 g/mol. The van der Waals surface area contributed by atoms with E-state index < -0.39 is 11.9 Å². The molecule has 0 aromatic carbocycles. The Morgan fingerprint density at radius 1 is 1.12 bits per heavy atom. The Morgan fingerprint density at radius 3 is 2.31 bits per heavy atom. The van der Waals surface area contributed by atoms with Crippen molar-refractivity contribution in [3.8, 4) is 0 Å². The molecule has 3 unspecified atom stereocenters. The van der Waals surface area contributed by atoms with Gasteiger partial charge in [-0.1, -0.05) is 13.8 Å². The SMILES string of the molecule is CC1CCC(N2CC(=O)OC(=O)C2)C(C)C1. The molecule has 1 aliphatic heterocycles. The number of cyclic esters (lactones) is 2. The second-order valence-electron chi connectivity index (χ2n) is 5.21. The minimum atomic E-state index is -0.401. The van der Waals surface area contributed by atoms with Crippen molar-refractivity contribution in [3.63, 3.8) is 0 Å². The van der Waals surface area contributed by atoms with E-state index in [1.54, 1.807) is 0 Å². The molecule has 0 radical (unpaired) electrons. The van der Waals surface area contributed by atoms with E-state index in [4.69, 9.17) is 0 Å². The lowest BCUT2D eigenvalue weighted by Crippen LogP contribution is -2.51. The summed E-state index contributed by atoms with van der Waals surface area (Å²) in [6.07, 6.45) is 3.46. The fraction of sp³-hybridized carbons (Fsp3) is 0.833. The number of ether oxygens (including phenoxy) is 1. The molecule has 0 aromatic rings. The van der Waals surface area contributed by atoms with E-state index in [2.05, 4.69) is 18.6 Å². The van der Waals surface area contributed by atoms with Crippen LogP contribution in [-0.2, 0) is 14.3 Å². The maximum atomic E-state index is 11.2. The van der Waals surface area contributed by atoms with Crippen LogP contribution in [0.5, 0.6) is 0 Å². The molecule has 0 bridgehead atoms. The molecule has 0 spiro atoms. The Hall–Kier alpha value is -0.900. The van der Waals surface area contributed by atoms with Crippen molar-refractivity contribution in [2.24, 2.45) is 11.8 Å². The van der Waals surface area contributed by atoms with Crippen LogP contribution in [0.4, 0.5) is 0 Å². The van der Waals surface area contributed by atoms with Crippen molar-refractivity contribution in [1.82, 2.24) is 4.90 Å². The molecule has 0 amide bonds. The fourth-order valence-corrected chi connectivity index (χ4v) is 3.01. The van der Waals surface area contributed by atoms with E-state index in [1.165, 1.54) is 12.8 Å². The zero-order chi connectivity index (χ0) is 11.7. The first-order chi connectivity index (χ1) is 7.56. The van der Waals surface area contributed by atoms with Crippen LogP contribution in [-0.4, -0.2) is 36.0 Å². The maximum Gasteiger partial charge on any atom is 0.327 e. The molecule has 1 aliphatic carbocycles. The van der Waals surface area contributed by atoms with Crippen LogP contribution in [0.2, 0.25) is 0 Å². The molecule has 1 saturated carbocycles. The number of hydrogen-bond donors (Lipinski definition) is 0. The number of carbonyl (C=O) groups is 2. The normalized spacial score (nSPS) is 37.2. The van der Waals surface area contributed by atoms with Crippen LogP contribution in [0.25, 0.3) is 0 Å². The quantitative estimate of drug-likeness (QED) is 0.497. The van der Waals surface area contributed by atoms with Gasteiger partial charge in [-0.05, 0) is 31.1 Å². The molecule has 2 rings (SSSR count). The first kappa shape index (κ1) is 11.6. The van der Waals surface area contributed by atoms with Crippen LogP contribution in [0.1, 0.15) is 33.1 Å². The number of rotatable bonds is 1. The molecule has 2 aliphatic rings. The molecule has 0 aromatic heterocycles. The van der Waals surface area contributed by atoms with Crippen molar-refractivity contribution in [3.05, 3.63) is 0 Å². The van der Waals surface area contributed by atoms with Crippen LogP contribution < -0.4 is 0 Å². The van der Waals surface area contributed by atoms with Gasteiger partial charge in [-0.3, -0.25) is 14.5 Å². The Balaban J connectivity index is 2.01. The molecular formula is C12H19NO3. The summed E-state index contributed by atoms with van der Waals surface area (Å²) in [5.41, 5.74) is 0. The third-order valence-corrected chi connectivity index (χ3v) is 3.75. The van der Waals surface area contributed by atoms with Gasteiger partial charge >= 0.3 is 11.9 Å². The van der Waals surface area contributed by atoms with E-state index in [1.807, 2.05) is 4.90 Å². The molecule has 16 heavy (non-hydrogen) atoms. The minimum Gasteiger partial charge on any atom is -0.391 e. The highest BCUT2D eigenvalue weighted by Gasteiger charge is 2.35. The summed E-state index contributed by atoms with van der Waals surface area (Å²) in [6, 6.07) is 0.369. The lowest BCUT2D eigenvalue weighted by atomic mass is 9.79. The second-order valence-corrected chi connectivity index (χ2v) is 5.21. The van der Waals surface area contributed by atoms with Gasteiger partial charge in [0.1, 0.15) is 0 Å². The predicted molar refractivity (Wildman–Crippen MR) is 58.6 cm³/mol. The monoisotopic (exact) mass is 225 g/mol. The molecule has 1 heterocycles. The Morgan fingerprint density at radius 2 is 1.75 bits per heavy atom. The molecule has 0 N–H and O–H groups in total. The first-order valence-corrected chi connectivity index (χ1v) is 6.04. The van der Waals surface area contributed by atoms with Crippen molar-refractivity contribution in [1.29, 1.82) is 0 Å². The van der Waals surface area contributed by atoms with E-state index in [0.29, 0.717) is 12.0 Å². The summed E-state index contributed by atoms with van der Waals surface area (Å²) < 4.78 is 4.54. The van der Waals surface area contributed by atoms with Gasteiger partial charge in [-0.15, -0.1) is 0 Å². The third kappa shape index (κ3) is 2.43. The minimum absolute atomic E-state index is 0.273. The van der Waals surface area contributed by atoms with Gasteiger partial charge in [0.05, 0.1) is 13.1 Å². The Labute approximate surface area is 95.9 Å². The Bertz CT molecular complexity index is 287. The van der Waals surface area contributed by atoms with Gasteiger partial charge in [-0.2, -0.15) is 0 Å². The van der Waals surface area contributed by atoms with Gasteiger partial charge in [0.25, 0.3) is 0 Å².